The molecule has 0 spiro atoms. The van der Waals surface area contributed by atoms with Gasteiger partial charge in [-0.1, -0.05) is 25.4 Å². The van der Waals surface area contributed by atoms with Crippen molar-refractivity contribution in [3.05, 3.63) is 75.7 Å². The second kappa shape index (κ2) is 8.80. The van der Waals surface area contributed by atoms with Crippen LogP contribution in [-0.4, -0.2) is 31.8 Å². The van der Waals surface area contributed by atoms with Crippen molar-refractivity contribution in [3.8, 4) is 11.3 Å². The molecule has 0 unspecified atom stereocenters. The quantitative estimate of drug-likeness (QED) is 0.366. The molecule has 1 aromatic carbocycles. The number of alkyl halides is 3. The molecule has 5 nitrogen and oxygen atoms in total. The lowest BCUT2D eigenvalue weighted by molar-refractivity contribution is -0.141. The molecule has 2 aliphatic heterocycles. The fourth-order valence-corrected chi connectivity index (χ4v) is 5.97. The molecule has 2 bridgehead atoms. The van der Waals surface area contributed by atoms with Gasteiger partial charge in [0.25, 0.3) is 5.91 Å². The number of pyridine rings is 1. The molecule has 0 aliphatic carbocycles. The van der Waals surface area contributed by atoms with Crippen LogP contribution >= 0.6 is 11.6 Å². The van der Waals surface area contributed by atoms with E-state index in [0.29, 0.717) is 23.6 Å². The molecule has 2 aromatic heterocycles. The molecule has 5 rings (SSSR count). The largest absolute Gasteiger partial charge is 0.434 e. The summed E-state index contributed by atoms with van der Waals surface area (Å²) < 4.78 is 53.9. The topological polar surface area (TPSA) is 59.0 Å². The van der Waals surface area contributed by atoms with E-state index < -0.39 is 28.8 Å². The predicted molar refractivity (Wildman–Crippen MR) is 126 cm³/mol. The van der Waals surface area contributed by atoms with Gasteiger partial charge in [0.15, 0.2) is 5.69 Å². The van der Waals surface area contributed by atoms with Crippen molar-refractivity contribution in [3.63, 3.8) is 0 Å². The van der Waals surface area contributed by atoms with E-state index in [1.54, 1.807) is 24.0 Å². The number of carbonyl (C=O) groups excluding carboxylic acids is 1. The fourth-order valence-electron chi connectivity index (χ4n) is 5.67. The van der Waals surface area contributed by atoms with Crippen LogP contribution in [0.15, 0.2) is 36.5 Å². The lowest BCUT2D eigenvalue weighted by atomic mass is 9.71. The molecule has 0 N–H and O–H groups in total. The molecule has 1 fully saturated rings. The van der Waals surface area contributed by atoms with Crippen LogP contribution in [0.5, 0.6) is 0 Å². The monoisotopic (exact) mass is 518 g/mol. The van der Waals surface area contributed by atoms with Crippen LogP contribution in [0, 0.1) is 24.6 Å². The van der Waals surface area contributed by atoms with Gasteiger partial charge < -0.3 is 4.90 Å². The van der Waals surface area contributed by atoms with E-state index >= 15 is 0 Å². The van der Waals surface area contributed by atoms with E-state index in [9.17, 15) is 22.4 Å². The summed E-state index contributed by atoms with van der Waals surface area (Å²) in [6.45, 7) is 5.79. The standard InChI is InChI=1S/C26H23ClF4N4O/c1-12-10-13(2)23-22-18(21(33-14(3)34-22)15-4-6-16(28)7-5-15)11-19(12)35(23)25(36)17-8-9-32-24(20(17)27)26(29,30)31/h4-9,12-13,19,23H,10-11H2,1-3H3/t12-,13+,19+,23+/m0/s1. The van der Waals surface area contributed by atoms with Gasteiger partial charge in [-0.3, -0.25) is 9.78 Å². The smallest absolute Gasteiger partial charge is 0.326 e. The highest BCUT2D eigenvalue weighted by atomic mass is 35.5. The summed E-state index contributed by atoms with van der Waals surface area (Å²) in [7, 11) is 0. The van der Waals surface area contributed by atoms with E-state index in [2.05, 4.69) is 9.97 Å². The normalized spacial score (nSPS) is 23.4. The third kappa shape index (κ3) is 4.03. The summed E-state index contributed by atoms with van der Waals surface area (Å²) >= 11 is 6.09. The number of nitrogens with zero attached hydrogens (tertiary/aromatic N) is 4. The minimum Gasteiger partial charge on any atom is -0.326 e. The van der Waals surface area contributed by atoms with Crippen molar-refractivity contribution in [2.75, 3.05) is 0 Å². The fraction of sp³-hybridized carbons (Fsp3) is 0.385. The molecule has 3 aromatic rings. The molecule has 4 atom stereocenters. The van der Waals surface area contributed by atoms with E-state index in [0.717, 1.165) is 23.7 Å². The summed E-state index contributed by atoms with van der Waals surface area (Å²) in [5.74, 6) is -0.393. The highest BCUT2D eigenvalue weighted by molar-refractivity contribution is 6.34. The van der Waals surface area contributed by atoms with Gasteiger partial charge in [0, 0.05) is 23.4 Å². The Morgan fingerprint density at radius 1 is 1.08 bits per heavy atom. The van der Waals surface area contributed by atoms with Gasteiger partial charge in [0.2, 0.25) is 0 Å². The Labute approximate surface area is 210 Å². The van der Waals surface area contributed by atoms with E-state index in [1.807, 2.05) is 13.8 Å². The van der Waals surface area contributed by atoms with E-state index in [4.69, 9.17) is 16.6 Å². The Bertz CT molecular complexity index is 1350. The summed E-state index contributed by atoms with van der Waals surface area (Å²) in [5.41, 5.74) is 1.46. The maximum Gasteiger partial charge on any atom is 0.434 e. The van der Waals surface area contributed by atoms with Gasteiger partial charge in [-0.05, 0) is 61.9 Å². The van der Waals surface area contributed by atoms with E-state index in [1.165, 1.54) is 18.2 Å². The number of hydrogen-bond donors (Lipinski definition) is 0. The molecule has 4 heterocycles. The Morgan fingerprint density at radius 2 is 1.78 bits per heavy atom. The second-order valence-corrected chi connectivity index (χ2v) is 10.0. The van der Waals surface area contributed by atoms with Crippen molar-refractivity contribution in [2.24, 2.45) is 11.8 Å². The first-order valence-corrected chi connectivity index (χ1v) is 12.0. The van der Waals surface area contributed by atoms with E-state index in [-0.39, 0.29) is 29.3 Å². The molecule has 0 radical (unpaired) electrons. The number of piperidine rings is 1. The summed E-state index contributed by atoms with van der Waals surface area (Å²) in [5, 5.41) is -0.704. The van der Waals surface area contributed by atoms with Crippen LogP contribution in [0.25, 0.3) is 11.3 Å². The number of aryl methyl sites for hydroxylation is 1. The van der Waals surface area contributed by atoms with Gasteiger partial charge in [-0.25, -0.2) is 14.4 Å². The highest BCUT2D eigenvalue weighted by Gasteiger charge is 2.49. The summed E-state index contributed by atoms with van der Waals surface area (Å²) in [6.07, 6.45) is -2.58. The first-order chi connectivity index (χ1) is 17.0. The van der Waals surface area contributed by atoms with Crippen molar-refractivity contribution in [1.29, 1.82) is 0 Å². The number of carbonyl (C=O) groups is 1. The molecular weight excluding hydrogens is 496 g/mol. The summed E-state index contributed by atoms with van der Waals surface area (Å²) in [6, 6.07) is 6.52. The number of amides is 1. The first-order valence-electron chi connectivity index (χ1n) is 11.6. The number of hydrogen-bond acceptors (Lipinski definition) is 4. The lowest BCUT2D eigenvalue weighted by Gasteiger charge is -2.52. The number of fused-ring (bicyclic) bond motifs is 4. The lowest BCUT2D eigenvalue weighted by Crippen LogP contribution is -2.56. The third-order valence-corrected chi connectivity index (χ3v) is 7.56. The predicted octanol–water partition coefficient (Wildman–Crippen LogP) is 6.44. The molecule has 1 saturated heterocycles. The van der Waals surface area contributed by atoms with Crippen LogP contribution in [0.4, 0.5) is 17.6 Å². The van der Waals surface area contributed by atoms with Gasteiger partial charge in [-0.15, -0.1) is 0 Å². The van der Waals surface area contributed by atoms with Crippen molar-refractivity contribution < 1.29 is 22.4 Å². The Hall–Kier alpha value is -3.07. The number of rotatable bonds is 2. The van der Waals surface area contributed by atoms with Crippen LogP contribution in [0.3, 0.4) is 0 Å². The molecule has 188 valence electrons. The van der Waals surface area contributed by atoms with Gasteiger partial charge in [0.1, 0.15) is 11.6 Å². The van der Waals surface area contributed by atoms with Crippen LogP contribution in [0.2, 0.25) is 5.02 Å². The first kappa shape index (κ1) is 24.6. The average molecular weight is 519 g/mol. The highest BCUT2D eigenvalue weighted by Crippen LogP contribution is 2.49. The average Bonchev–Trinajstić information content (AvgIpc) is 2.81. The molecule has 10 heteroatoms. The molecular formula is C26H23ClF4N4O. The number of aromatic nitrogens is 3. The van der Waals surface area contributed by atoms with Crippen LogP contribution in [-0.2, 0) is 12.6 Å². The Balaban J connectivity index is 1.66. The van der Waals surface area contributed by atoms with Gasteiger partial charge in [0.05, 0.1) is 28.0 Å². The van der Waals surface area contributed by atoms with Crippen molar-refractivity contribution in [1.82, 2.24) is 19.9 Å². The Morgan fingerprint density at radius 3 is 2.44 bits per heavy atom. The zero-order chi connectivity index (χ0) is 25.9. The molecule has 1 amide bonds. The van der Waals surface area contributed by atoms with Crippen LogP contribution in [0.1, 0.15) is 59.4 Å². The van der Waals surface area contributed by atoms with Gasteiger partial charge in [-0.2, -0.15) is 13.2 Å². The second-order valence-electron chi connectivity index (χ2n) is 9.63. The minimum absolute atomic E-state index is 0.0164. The van der Waals surface area contributed by atoms with Gasteiger partial charge >= 0.3 is 6.18 Å². The van der Waals surface area contributed by atoms with Crippen LogP contribution < -0.4 is 0 Å². The third-order valence-electron chi connectivity index (χ3n) is 7.18. The number of benzene rings is 1. The Kier molecular flexibility index (Phi) is 6.01. The van der Waals surface area contributed by atoms with Crippen molar-refractivity contribution >= 4 is 17.5 Å². The molecule has 2 aliphatic rings. The molecule has 0 saturated carbocycles. The number of halogens is 5. The van der Waals surface area contributed by atoms with Crippen molar-refractivity contribution in [2.45, 2.75) is 51.9 Å². The zero-order valence-electron chi connectivity index (χ0n) is 19.8. The maximum atomic E-state index is 13.9. The minimum atomic E-state index is -4.78. The maximum absolute atomic E-state index is 13.9. The zero-order valence-corrected chi connectivity index (χ0v) is 20.5. The summed E-state index contributed by atoms with van der Waals surface area (Å²) in [4.78, 5) is 28.2. The SMILES string of the molecule is Cc1nc(-c2ccc(F)cc2)c2c(n1)[C@H]1[C@H](C)C[C@H](C)[C@@H](C2)N1C(=O)c1ccnc(C(F)(F)F)c1Cl. The molecule has 36 heavy (non-hydrogen) atoms.